The van der Waals surface area contributed by atoms with E-state index in [1.807, 2.05) is 30.3 Å². The van der Waals surface area contributed by atoms with Crippen LogP contribution >= 0.6 is 11.6 Å². The van der Waals surface area contributed by atoms with Crippen LogP contribution in [0.5, 0.6) is 5.75 Å². The van der Waals surface area contributed by atoms with Crippen molar-refractivity contribution < 1.29 is 14.6 Å². The molecule has 0 aromatic heterocycles. The summed E-state index contributed by atoms with van der Waals surface area (Å²) in [5.74, 6) is 0.617. The van der Waals surface area contributed by atoms with E-state index in [0.717, 1.165) is 5.56 Å². The van der Waals surface area contributed by atoms with E-state index in [9.17, 15) is 4.79 Å². The van der Waals surface area contributed by atoms with E-state index in [4.69, 9.17) is 21.4 Å². The molecule has 2 rings (SSSR count). The van der Waals surface area contributed by atoms with E-state index in [1.165, 1.54) is 4.90 Å². The van der Waals surface area contributed by atoms with E-state index in [0.29, 0.717) is 17.3 Å². The van der Waals surface area contributed by atoms with Gasteiger partial charge in [-0.1, -0.05) is 41.9 Å². The Balaban J connectivity index is 1.84. The predicted molar refractivity (Wildman–Crippen MR) is 89.4 cm³/mol. The topological polar surface area (TPSA) is 61.8 Å². The highest BCUT2D eigenvalue weighted by atomic mass is 35.5. The molecule has 0 heterocycles. The second kappa shape index (κ2) is 9.02. The van der Waals surface area contributed by atoms with Crippen LogP contribution in [0.3, 0.4) is 0 Å². The normalized spacial score (nSPS) is 10.2. The van der Waals surface area contributed by atoms with Gasteiger partial charge < -0.3 is 20.1 Å². The van der Waals surface area contributed by atoms with Gasteiger partial charge >= 0.3 is 6.03 Å². The number of hydrogen-bond donors (Lipinski definition) is 2. The molecule has 2 aromatic carbocycles. The van der Waals surface area contributed by atoms with Gasteiger partial charge in [0.05, 0.1) is 6.61 Å². The Hall–Kier alpha value is -2.24. The molecule has 23 heavy (non-hydrogen) atoms. The Kier molecular flexibility index (Phi) is 6.72. The third-order valence-corrected chi connectivity index (χ3v) is 3.40. The van der Waals surface area contributed by atoms with Crippen LogP contribution in [-0.4, -0.2) is 35.9 Å². The third-order valence-electron chi connectivity index (χ3n) is 3.15. The fourth-order valence-electron chi connectivity index (χ4n) is 2.00. The van der Waals surface area contributed by atoms with Crippen LogP contribution in [0.2, 0.25) is 5.02 Å². The van der Waals surface area contributed by atoms with Crippen LogP contribution in [0.15, 0.2) is 54.6 Å². The minimum Gasteiger partial charge on any atom is -0.473 e. The number of aliphatic hydroxyl groups is 1. The summed E-state index contributed by atoms with van der Waals surface area (Å²) in [7, 11) is 0. The lowest BCUT2D eigenvalue weighted by Gasteiger charge is -2.22. The van der Waals surface area contributed by atoms with Gasteiger partial charge in [-0.15, -0.1) is 0 Å². The maximum absolute atomic E-state index is 12.2. The number of carbonyl (C=O) groups is 1. The maximum atomic E-state index is 12.2. The molecule has 0 aliphatic carbocycles. The Morgan fingerprint density at radius 1 is 1.13 bits per heavy atom. The van der Waals surface area contributed by atoms with Crippen molar-refractivity contribution in [2.45, 2.75) is 6.54 Å². The van der Waals surface area contributed by atoms with E-state index >= 15 is 0 Å². The van der Waals surface area contributed by atoms with Gasteiger partial charge in [-0.2, -0.15) is 0 Å². The molecule has 2 amide bonds. The Morgan fingerprint density at radius 2 is 1.83 bits per heavy atom. The van der Waals surface area contributed by atoms with Crippen molar-refractivity contribution in [2.24, 2.45) is 0 Å². The minimum absolute atomic E-state index is 0.0389. The fraction of sp³-hybridized carbons (Fsp3) is 0.235. The highest BCUT2D eigenvalue weighted by Gasteiger charge is 2.13. The summed E-state index contributed by atoms with van der Waals surface area (Å²) < 4.78 is 5.43. The lowest BCUT2D eigenvalue weighted by atomic mass is 10.2. The average Bonchev–Trinajstić information content (AvgIpc) is 2.57. The van der Waals surface area contributed by atoms with Gasteiger partial charge in [0.2, 0.25) is 0 Å². The quantitative estimate of drug-likeness (QED) is 0.765. The largest absolute Gasteiger partial charge is 0.473 e. The Morgan fingerprint density at radius 3 is 2.48 bits per heavy atom. The first kappa shape index (κ1) is 17.1. The first-order valence-electron chi connectivity index (χ1n) is 7.25. The summed E-state index contributed by atoms with van der Waals surface area (Å²) in [6.45, 7) is 0.616. The van der Waals surface area contributed by atoms with Gasteiger partial charge in [0.1, 0.15) is 5.75 Å². The van der Waals surface area contributed by atoms with Gasteiger partial charge in [0, 0.05) is 18.1 Å². The number of nitrogens with one attached hydrogen (secondary N) is 1. The molecule has 0 saturated carbocycles. The third kappa shape index (κ3) is 5.81. The van der Waals surface area contributed by atoms with Gasteiger partial charge in [-0.05, 0) is 29.8 Å². The second-order valence-electron chi connectivity index (χ2n) is 4.86. The predicted octanol–water partition coefficient (Wildman–Crippen LogP) is 2.88. The first-order valence-corrected chi connectivity index (χ1v) is 7.63. The summed E-state index contributed by atoms with van der Waals surface area (Å²) in [4.78, 5) is 13.7. The van der Waals surface area contributed by atoms with Crippen molar-refractivity contribution in [3.63, 3.8) is 0 Å². The van der Waals surface area contributed by atoms with Gasteiger partial charge in [-0.3, -0.25) is 0 Å². The van der Waals surface area contributed by atoms with Crippen molar-refractivity contribution in [1.29, 1.82) is 0 Å². The zero-order valence-electron chi connectivity index (χ0n) is 12.6. The highest BCUT2D eigenvalue weighted by Crippen LogP contribution is 2.15. The number of amides is 2. The number of halogens is 1. The second-order valence-corrected chi connectivity index (χ2v) is 5.29. The number of ether oxygens (including phenoxy) is 1. The van der Waals surface area contributed by atoms with Crippen LogP contribution < -0.4 is 10.1 Å². The zero-order valence-corrected chi connectivity index (χ0v) is 13.4. The number of urea groups is 1. The molecule has 0 aliphatic rings. The molecular formula is C17H19ClN2O3. The average molecular weight is 335 g/mol. The lowest BCUT2D eigenvalue weighted by Crippen LogP contribution is -2.42. The van der Waals surface area contributed by atoms with Crippen molar-refractivity contribution in [2.75, 3.05) is 19.9 Å². The highest BCUT2D eigenvalue weighted by molar-refractivity contribution is 6.30. The van der Waals surface area contributed by atoms with Crippen LogP contribution in [0.1, 0.15) is 5.56 Å². The zero-order chi connectivity index (χ0) is 16.5. The lowest BCUT2D eigenvalue weighted by molar-refractivity contribution is 0.164. The molecule has 5 nitrogen and oxygen atoms in total. The number of nitrogens with zero attached hydrogens (tertiary/aromatic N) is 1. The number of aliphatic hydroxyl groups excluding tert-OH is 1. The molecule has 0 spiro atoms. The fourth-order valence-corrected chi connectivity index (χ4v) is 2.13. The van der Waals surface area contributed by atoms with Gasteiger partial charge in [-0.25, -0.2) is 4.79 Å². The van der Waals surface area contributed by atoms with Crippen molar-refractivity contribution in [1.82, 2.24) is 10.2 Å². The smallest absolute Gasteiger partial charge is 0.320 e. The van der Waals surface area contributed by atoms with E-state index in [1.54, 1.807) is 24.3 Å². The summed E-state index contributed by atoms with van der Waals surface area (Å²) >= 11 is 5.79. The standard InChI is InChI=1S/C17H19ClN2O3/c18-15-6-8-16(9-7-15)23-13-19-17(22)20(10-11-21)12-14-4-2-1-3-5-14/h1-9,21H,10-13H2,(H,19,22). The number of hydrogen-bond acceptors (Lipinski definition) is 3. The van der Waals surface area contributed by atoms with Crippen molar-refractivity contribution >= 4 is 17.6 Å². The minimum atomic E-state index is -0.295. The van der Waals surface area contributed by atoms with E-state index < -0.39 is 0 Å². The number of carbonyl (C=O) groups excluding carboxylic acids is 1. The van der Waals surface area contributed by atoms with Crippen molar-refractivity contribution in [3.05, 3.63) is 65.2 Å². The molecule has 2 aromatic rings. The van der Waals surface area contributed by atoms with E-state index in [2.05, 4.69) is 5.32 Å². The monoisotopic (exact) mass is 334 g/mol. The molecule has 0 unspecified atom stereocenters. The molecule has 0 fully saturated rings. The summed E-state index contributed by atoms with van der Waals surface area (Å²) in [6, 6.07) is 16.2. The Labute approximate surface area is 140 Å². The van der Waals surface area contributed by atoms with Gasteiger partial charge in [0.15, 0.2) is 6.73 Å². The molecule has 6 heteroatoms. The number of benzene rings is 2. The van der Waals surface area contributed by atoms with Crippen LogP contribution in [0.25, 0.3) is 0 Å². The Bertz CT molecular complexity index is 605. The molecule has 2 N–H and O–H groups in total. The number of rotatable bonds is 7. The molecule has 0 atom stereocenters. The summed E-state index contributed by atoms with van der Waals surface area (Å²) in [6.07, 6.45) is 0. The summed E-state index contributed by atoms with van der Waals surface area (Å²) in [5.41, 5.74) is 0.995. The first-order chi connectivity index (χ1) is 11.2. The van der Waals surface area contributed by atoms with Crippen LogP contribution in [-0.2, 0) is 6.54 Å². The van der Waals surface area contributed by atoms with Crippen LogP contribution in [0.4, 0.5) is 4.79 Å². The molecule has 122 valence electrons. The molecule has 0 aliphatic heterocycles. The molecule has 0 bridgehead atoms. The molecular weight excluding hydrogens is 316 g/mol. The molecule has 0 saturated heterocycles. The van der Waals surface area contributed by atoms with Gasteiger partial charge in [0.25, 0.3) is 0 Å². The van der Waals surface area contributed by atoms with Crippen LogP contribution in [0, 0.1) is 0 Å². The molecule has 0 radical (unpaired) electrons. The summed E-state index contributed by atoms with van der Waals surface area (Å²) in [5, 5.41) is 12.4. The SMILES string of the molecule is O=C(NCOc1ccc(Cl)cc1)N(CCO)Cc1ccccc1. The van der Waals surface area contributed by atoms with E-state index in [-0.39, 0.29) is 25.9 Å². The van der Waals surface area contributed by atoms with Crippen molar-refractivity contribution in [3.8, 4) is 5.75 Å². The maximum Gasteiger partial charge on any atom is 0.320 e.